The number of nitrogens with one attached hydrogen (secondary N) is 1. The lowest BCUT2D eigenvalue weighted by molar-refractivity contribution is -0.126. The highest BCUT2D eigenvalue weighted by atomic mass is 16.3. The molecule has 2 rings (SSSR count). The lowest BCUT2D eigenvalue weighted by Gasteiger charge is -2.21. The molecule has 1 saturated heterocycles. The van der Waals surface area contributed by atoms with Crippen molar-refractivity contribution in [3.8, 4) is 5.75 Å². The quantitative estimate of drug-likeness (QED) is 0.768. The number of carbonyl (C=O) groups excluding carboxylic acids is 1. The molecule has 80 valence electrons. The summed E-state index contributed by atoms with van der Waals surface area (Å²) >= 11 is 0. The maximum Gasteiger partial charge on any atom is 0.223 e. The number of rotatable bonds is 2. The molecule has 0 radical (unpaired) electrons. The standard InChI is InChI=1S/C12H15NO2/c14-11-5-1-3-9(8-11)7-10-4-2-6-13-12(10)15/h1,3,5,8,10,14H,2,4,6-7H2,(H,13,15). The molecule has 0 aliphatic carbocycles. The van der Waals surface area contributed by atoms with E-state index in [1.807, 2.05) is 12.1 Å². The number of benzene rings is 1. The smallest absolute Gasteiger partial charge is 0.223 e. The summed E-state index contributed by atoms with van der Waals surface area (Å²) in [6.07, 6.45) is 2.72. The summed E-state index contributed by atoms with van der Waals surface area (Å²) in [5.41, 5.74) is 1.03. The summed E-state index contributed by atoms with van der Waals surface area (Å²) in [6.45, 7) is 0.801. The SMILES string of the molecule is O=C1NCCCC1Cc1cccc(O)c1. The molecule has 1 unspecified atom stereocenters. The average Bonchev–Trinajstić information content (AvgIpc) is 2.22. The summed E-state index contributed by atoms with van der Waals surface area (Å²) < 4.78 is 0. The number of aromatic hydroxyl groups is 1. The van der Waals surface area contributed by atoms with E-state index < -0.39 is 0 Å². The highest BCUT2D eigenvalue weighted by Gasteiger charge is 2.21. The molecule has 0 spiro atoms. The highest BCUT2D eigenvalue weighted by Crippen LogP contribution is 2.19. The average molecular weight is 205 g/mol. The van der Waals surface area contributed by atoms with Crippen molar-refractivity contribution in [2.24, 2.45) is 5.92 Å². The number of amides is 1. The molecular formula is C12H15NO2. The Morgan fingerprint density at radius 2 is 2.33 bits per heavy atom. The molecule has 1 aromatic carbocycles. The van der Waals surface area contributed by atoms with Gasteiger partial charge in [0.25, 0.3) is 0 Å². The first-order valence-electron chi connectivity index (χ1n) is 5.31. The van der Waals surface area contributed by atoms with Crippen LogP contribution in [0.25, 0.3) is 0 Å². The van der Waals surface area contributed by atoms with Crippen LogP contribution in [-0.2, 0) is 11.2 Å². The Kier molecular flexibility index (Phi) is 2.90. The summed E-state index contributed by atoms with van der Waals surface area (Å²) in [7, 11) is 0. The van der Waals surface area contributed by atoms with E-state index in [0.29, 0.717) is 0 Å². The third-order valence-corrected chi connectivity index (χ3v) is 2.79. The zero-order valence-electron chi connectivity index (χ0n) is 8.57. The molecule has 2 N–H and O–H groups in total. The minimum Gasteiger partial charge on any atom is -0.508 e. The van der Waals surface area contributed by atoms with Gasteiger partial charge in [-0.15, -0.1) is 0 Å². The molecule has 1 aliphatic rings. The molecule has 1 atom stereocenters. The predicted molar refractivity (Wildman–Crippen MR) is 57.5 cm³/mol. The van der Waals surface area contributed by atoms with Gasteiger partial charge in [0, 0.05) is 12.5 Å². The van der Waals surface area contributed by atoms with E-state index in [4.69, 9.17) is 0 Å². The van der Waals surface area contributed by atoms with Crippen LogP contribution in [0.4, 0.5) is 0 Å². The first-order valence-corrected chi connectivity index (χ1v) is 5.31. The molecule has 1 fully saturated rings. The summed E-state index contributed by atoms with van der Waals surface area (Å²) in [4.78, 5) is 11.5. The Balaban J connectivity index is 2.04. The van der Waals surface area contributed by atoms with E-state index in [-0.39, 0.29) is 17.6 Å². The van der Waals surface area contributed by atoms with E-state index in [1.54, 1.807) is 12.1 Å². The summed E-state index contributed by atoms with van der Waals surface area (Å²) in [5, 5.41) is 12.2. The van der Waals surface area contributed by atoms with E-state index in [1.165, 1.54) is 0 Å². The molecule has 1 aliphatic heterocycles. The third kappa shape index (κ3) is 2.49. The zero-order valence-corrected chi connectivity index (χ0v) is 8.57. The number of hydrogen-bond acceptors (Lipinski definition) is 2. The van der Waals surface area contributed by atoms with Crippen molar-refractivity contribution in [3.63, 3.8) is 0 Å². The molecule has 3 heteroatoms. The molecule has 0 saturated carbocycles. The van der Waals surface area contributed by atoms with Gasteiger partial charge in [-0.2, -0.15) is 0 Å². The number of phenols is 1. The molecule has 3 nitrogen and oxygen atoms in total. The highest BCUT2D eigenvalue weighted by molar-refractivity contribution is 5.79. The normalized spacial score (nSPS) is 21.1. The van der Waals surface area contributed by atoms with Crippen LogP contribution in [0.2, 0.25) is 0 Å². The van der Waals surface area contributed by atoms with Gasteiger partial charge in [0.15, 0.2) is 0 Å². The molecule has 0 bridgehead atoms. The molecule has 1 amide bonds. The van der Waals surface area contributed by atoms with E-state index in [9.17, 15) is 9.90 Å². The van der Waals surface area contributed by atoms with Gasteiger partial charge < -0.3 is 10.4 Å². The maximum absolute atomic E-state index is 11.5. The second-order valence-corrected chi connectivity index (χ2v) is 4.00. The summed E-state index contributed by atoms with van der Waals surface area (Å²) in [5.74, 6) is 0.480. The fourth-order valence-electron chi connectivity index (χ4n) is 2.00. The molecule has 1 heterocycles. The van der Waals surface area contributed by atoms with E-state index in [0.717, 1.165) is 31.4 Å². The van der Waals surface area contributed by atoms with Crippen molar-refractivity contribution in [2.75, 3.05) is 6.54 Å². The third-order valence-electron chi connectivity index (χ3n) is 2.79. The van der Waals surface area contributed by atoms with Crippen LogP contribution in [0, 0.1) is 5.92 Å². The first kappa shape index (κ1) is 10.0. The van der Waals surface area contributed by atoms with Gasteiger partial charge in [-0.05, 0) is 37.0 Å². The van der Waals surface area contributed by atoms with Gasteiger partial charge >= 0.3 is 0 Å². The maximum atomic E-state index is 11.5. The van der Waals surface area contributed by atoms with Crippen molar-refractivity contribution in [1.29, 1.82) is 0 Å². The van der Waals surface area contributed by atoms with Gasteiger partial charge in [0.05, 0.1) is 0 Å². The van der Waals surface area contributed by atoms with Gasteiger partial charge in [-0.3, -0.25) is 4.79 Å². The van der Waals surface area contributed by atoms with Crippen molar-refractivity contribution >= 4 is 5.91 Å². The minimum atomic E-state index is 0.0700. The number of carbonyl (C=O) groups is 1. The second-order valence-electron chi connectivity index (χ2n) is 4.00. The van der Waals surface area contributed by atoms with Crippen LogP contribution in [-0.4, -0.2) is 17.6 Å². The minimum absolute atomic E-state index is 0.0700. The van der Waals surface area contributed by atoms with Crippen LogP contribution in [0.1, 0.15) is 18.4 Å². The van der Waals surface area contributed by atoms with Crippen molar-refractivity contribution < 1.29 is 9.90 Å². The molecule has 15 heavy (non-hydrogen) atoms. The van der Waals surface area contributed by atoms with Crippen LogP contribution >= 0.6 is 0 Å². The van der Waals surface area contributed by atoms with E-state index in [2.05, 4.69) is 5.32 Å². The van der Waals surface area contributed by atoms with Crippen LogP contribution in [0.3, 0.4) is 0 Å². The fourth-order valence-corrected chi connectivity index (χ4v) is 2.00. The summed E-state index contributed by atoms with van der Waals surface area (Å²) in [6, 6.07) is 7.12. The molecular weight excluding hydrogens is 190 g/mol. The van der Waals surface area contributed by atoms with Gasteiger partial charge in [0.1, 0.15) is 5.75 Å². The van der Waals surface area contributed by atoms with Crippen LogP contribution in [0.15, 0.2) is 24.3 Å². The lowest BCUT2D eigenvalue weighted by atomic mass is 9.91. The Morgan fingerprint density at radius 1 is 1.47 bits per heavy atom. The van der Waals surface area contributed by atoms with Crippen molar-refractivity contribution in [2.45, 2.75) is 19.3 Å². The zero-order chi connectivity index (χ0) is 10.7. The Morgan fingerprint density at radius 3 is 3.07 bits per heavy atom. The molecule has 1 aromatic rings. The van der Waals surface area contributed by atoms with Gasteiger partial charge in [0.2, 0.25) is 5.91 Å². The van der Waals surface area contributed by atoms with Gasteiger partial charge in [-0.25, -0.2) is 0 Å². The fraction of sp³-hybridized carbons (Fsp3) is 0.417. The first-order chi connectivity index (χ1) is 7.25. The lowest BCUT2D eigenvalue weighted by Crippen LogP contribution is -2.37. The topological polar surface area (TPSA) is 49.3 Å². The van der Waals surface area contributed by atoms with E-state index >= 15 is 0 Å². The van der Waals surface area contributed by atoms with Crippen LogP contribution in [0.5, 0.6) is 5.75 Å². The Labute approximate surface area is 89.1 Å². The molecule has 0 aromatic heterocycles. The largest absolute Gasteiger partial charge is 0.508 e. The number of piperidine rings is 1. The second kappa shape index (κ2) is 4.34. The van der Waals surface area contributed by atoms with Crippen LogP contribution < -0.4 is 5.32 Å². The predicted octanol–water partition coefficient (Wildman–Crippen LogP) is 1.46. The van der Waals surface area contributed by atoms with Crippen molar-refractivity contribution in [3.05, 3.63) is 29.8 Å². The monoisotopic (exact) mass is 205 g/mol. The number of hydrogen-bond donors (Lipinski definition) is 2. The Bertz CT molecular complexity index is 362. The number of phenolic OH excluding ortho intramolecular Hbond substituents is 1. The Hall–Kier alpha value is -1.51. The van der Waals surface area contributed by atoms with Gasteiger partial charge in [-0.1, -0.05) is 12.1 Å². The van der Waals surface area contributed by atoms with Crippen molar-refractivity contribution in [1.82, 2.24) is 5.32 Å².